The van der Waals surface area contributed by atoms with Crippen molar-refractivity contribution in [2.45, 2.75) is 0 Å². The van der Waals surface area contributed by atoms with E-state index in [9.17, 15) is 9.50 Å². The largest absolute Gasteiger partial charge is 0.494 e. The lowest BCUT2D eigenvalue weighted by Gasteiger charge is -1.95. The molecule has 0 unspecified atom stereocenters. The Hall–Kier alpha value is -2.33. The molecule has 0 radical (unpaired) electrons. The van der Waals surface area contributed by atoms with E-state index in [-0.39, 0.29) is 11.7 Å². The fourth-order valence-electron chi connectivity index (χ4n) is 2.00. The fraction of sp³-hybridized carbons (Fsp3) is 0. The van der Waals surface area contributed by atoms with Crippen molar-refractivity contribution in [2.24, 2.45) is 4.99 Å². The van der Waals surface area contributed by atoms with Crippen molar-refractivity contribution in [3.05, 3.63) is 58.9 Å². The van der Waals surface area contributed by atoms with Crippen molar-refractivity contribution in [3.8, 4) is 5.88 Å². The van der Waals surface area contributed by atoms with Gasteiger partial charge in [0.1, 0.15) is 5.82 Å². The number of aromatic amines is 1. The molecule has 0 amide bonds. The van der Waals surface area contributed by atoms with Gasteiger partial charge in [-0.15, -0.1) is 0 Å². The number of aromatic hydroxyl groups is 1. The highest BCUT2D eigenvalue weighted by Crippen LogP contribution is 2.28. The molecule has 1 heterocycles. The molecule has 3 aromatic rings. The first-order valence-corrected chi connectivity index (χ1v) is 6.31. The summed E-state index contributed by atoms with van der Waals surface area (Å²) in [5, 5.41) is 11.2. The van der Waals surface area contributed by atoms with Gasteiger partial charge in [-0.3, -0.25) is 4.99 Å². The number of fused-ring (bicyclic) bond motifs is 1. The second-order valence-corrected chi connectivity index (χ2v) is 4.75. The van der Waals surface area contributed by atoms with Crippen LogP contribution in [0.5, 0.6) is 5.88 Å². The summed E-state index contributed by atoms with van der Waals surface area (Å²) >= 11 is 5.95. The molecule has 0 aliphatic carbocycles. The van der Waals surface area contributed by atoms with Crippen molar-refractivity contribution >= 4 is 34.4 Å². The lowest BCUT2D eigenvalue weighted by Crippen LogP contribution is -1.79. The highest BCUT2D eigenvalue weighted by molar-refractivity contribution is 6.31. The summed E-state index contributed by atoms with van der Waals surface area (Å²) in [7, 11) is 0. The number of rotatable bonds is 2. The van der Waals surface area contributed by atoms with E-state index in [2.05, 4.69) is 9.98 Å². The standard InChI is InChI=1S/C15H10ClFN2O/c16-9-4-5-14-12(6-9)13(15(20)19-14)8-18-11-3-1-2-10(17)7-11/h1-8,19-20H. The van der Waals surface area contributed by atoms with Crippen molar-refractivity contribution in [3.63, 3.8) is 0 Å². The lowest BCUT2D eigenvalue weighted by molar-refractivity contribution is 0.457. The van der Waals surface area contributed by atoms with E-state index < -0.39 is 0 Å². The normalized spacial score (nSPS) is 11.5. The van der Waals surface area contributed by atoms with Crippen molar-refractivity contribution in [1.82, 2.24) is 4.98 Å². The van der Waals surface area contributed by atoms with E-state index in [1.54, 1.807) is 30.3 Å². The molecule has 0 bridgehead atoms. The van der Waals surface area contributed by atoms with E-state index in [4.69, 9.17) is 11.6 Å². The summed E-state index contributed by atoms with van der Waals surface area (Å²) < 4.78 is 13.1. The lowest BCUT2D eigenvalue weighted by atomic mass is 10.2. The van der Waals surface area contributed by atoms with E-state index in [1.807, 2.05) is 0 Å². The molecule has 0 atom stereocenters. The third-order valence-electron chi connectivity index (χ3n) is 2.93. The average molecular weight is 289 g/mol. The van der Waals surface area contributed by atoms with Gasteiger partial charge in [0, 0.05) is 22.1 Å². The molecule has 20 heavy (non-hydrogen) atoms. The first kappa shape index (κ1) is 12.7. The highest BCUT2D eigenvalue weighted by Gasteiger charge is 2.09. The van der Waals surface area contributed by atoms with Crippen molar-refractivity contribution < 1.29 is 9.50 Å². The van der Waals surface area contributed by atoms with Gasteiger partial charge in [0.25, 0.3) is 0 Å². The van der Waals surface area contributed by atoms with Gasteiger partial charge in [0.15, 0.2) is 5.88 Å². The Balaban J connectivity index is 2.06. The molecule has 1 aromatic heterocycles. The molecular weight excluding hydrogens is 279 g/mol. The van der Waals surface area contributed by atoms with Crippen LogP contribution in [0.1, 0.15) is 5.56 Å². The van der Waals surface area contributed by atoms with Crippen LogP contribution in [0.2, 0.25) is 5.02 Å². The number of aliphatic imine (C=N–C) groups is 1. The van der Waals surface area contributed by atoms with Gasteiger partial charge in [-0.25, -0.2) is 4.39 Å². The van der Waals surface area contributed by atoms with Crippen LogP contribution >= 0.6 is 11.6 Å². The molecule has 0 fully saturated rings. The van der Waals surface area contributed by atoms with Crippen molar-refractivity contribution in [2.75, 3.05) is 0 Å². The van der Waals surface area contributed by atoms with Gasteiger partial charge in [0.2, 0.25) is 0 Å². The van der Waals surface area contributed by atoms with Crippen LogP contribution in [0.4, 0.5) is 10.1 Å². The van der Waals surface area contributed by atoms with Gasteiger partial charge in [0.05, 0.1) is 11.3 Å². The van der Waals surface area contributed by atoms with Gasteiger partial charge >= 0.3 is 0 Å². The maximum atomic E-state index is 13.1. The zero-order chi connectivity index (χ0) is 14.1. The predicted molar refractivity (Wildman–Crippen MR) is 78.6 cm³/mol. The third-order valence-corrected chi connectivity index (χ3v) is 3.17. The number of nitrogens with zero attached hydrogens (tertiary/aromatic N) is 1. The number of aromatic nitrogens is 1. The SMILES string of the molecule is Oc1[nH]c2ccc(Cl)cc2c1C=Nc1cccc(F)c1. The van der Waals surface area contributed by atoms with E-state index in [1.165, 1.54) is 18.3 Å². The summed E-state index contributed by atoms with van der Waals surface area (Å²) in [6.45, 7) is 0. The smallest absolute Gasteiger partial charge is 0.198 e. The Bertz CT molecular complexity index is 811. The van der Waals surface area contributed by atoms with Crippen LogP contribution in [0.15, 0.2) is 47.5 Å². The third kappa shape index (κ3) is 2.38. The molecule has 3 rings (SSSR count). The van der Waals surface area contributed by atoms with Crippen LogP contribution in [0.3, 0.4) is 0 Å². The first-order valence-electron chi connectivity index (χ1n) is 5.93. The molecule has 0 saturated heterocycles. The molecule has 3 nitrogen and oxygen atoms in total. The van der Waals surface area contributed by atoms with E-state index in [0.29, 0.717) is 16.3 Å². The fourth-order valence-corrected chi connectivity index (χ4v) is 2.17. The van der Waals surface area contributed by atoms with E-state index >= 15 is 0 Å². The Labute approximate surface area is 119 Å². The van der Waals surface area contributed by atoms with Crippen LogP contribution in [-0.4, -0.2) is 16.3 Å². The number of hydrogen-bond donors (Lipinski definition) is 2. The molecule has 100 valence electrons. The quantitative estimate of drug-likeness (QED) is 0.674. The zero-order valence-electron chi connectivity index (χ0n) is 10.3. The number of nitrogens with one attached hydrogen (secondary N) is 1. The van der Waals surface area contributed by atoms with Crippen LogP contribution < -0.4 is 0 Å². The summed E-state index contributed by atoms with van der Waals surface area (Å²) in [5.74, 6) is -0.353. The maximum Gasteiger partial charge on any atom is 0.198 e. The molecule has 2 N–H and O–H groups in total. The Morgan fingerprint density at radius 1 is 1.20 bits per heavy atom. The maximum absolute atomic E-state index is 13.1. The number of H-pyrrole nitrogens is 1. The van der Waals surface area contributed by atoms with Gasteiger partial charge in [-0.2, -0.15) is 0 Å². The van der Waals surface area contributed by atoms with Gasteiger partial charge < -0.3 is 10.1 Å². The highest BCUT2D eigenvalue weighted by atomic mass is 35.5. The zero-order valence-corrected chi connectivity index (χ0v) is 11.0. The molecule has 5 heteroatoms. The van der Waals surface area contributed by atoms with Crippen LogP contribution in [0, 0.1) is 5.82 Å². The average Bonchev–Trinajstić information content (AvgIpc) is 2.72. The first-order chi connectivity index (χ1) is 9.63. The second kappa shape index (κ2) is 4.98. The number of halogens is 2. The second-order valence-electron chi connectivity index (χ2n) is 4.32. The summed E-state index contributed by atoms with van der Waals surface area (Å²) in [4.78, 5) is 7.00. The Morgan fingerprint density at radius 2 is 2.05 bits per heavy atom. The molecule has 0 aliphatic heterocycles. The molecule has 0 saturated carbocycles. The van der Waals surface area contributed by atoms with Gasteiger partial charge in [-0.1, -0.05) is 17.7 Å². The van der Waals surface area contributed by atoms with Crippen LogP contribution in [-0.2, 0) is 0 Å². The molecular formula is C15H10ClFN2O. The molecule has 0 aliphatic rings. The summed E-state index contributed by atoms with van der Waals surface area (Å²) in [6.07, 6.45) is 1.49. The summed E-state index contributed by atoms with van der Waals surface area (Å²) in [5.41, 5.74) is 1.75. The van der Waals surface area contributed by atoms with Crippen LogP contribution in [0.25, 0.3) is 10.9 Å². The van der Waals surface area contributed by atoms with Crippen molar-refractivity contribution in [1.29, 1.82) is 0 Å². The Morgan fingerprint density at radius 3 is 2.85 bits per heavy atom. The number of hydrogen-bond acceptors (Lipinski definition) is 2. The molecule has 0 spiro atoms. The molecule has 2 aromatic carbocycles. The monoisotopic (exact) mass is 288 g/mol. The topological polar surface area (TPSA) is 48.4 Å². The minimum absolute atomic E-state index is 0.00224. The van der Waals surface area contributed by atoms with Gasteiger partial charge in [-0.05, 0) is 36.4 Å². The Kier molecular flexibility index (Phi) is 3.16. The summed E-state index contributed by atoms with van der Waals surface area (Å²) in [6, 6.07) is 11.2. The predicted octanol–water partition coefficient (Wildman–Crippen LogP) is 4.42. The minimum Gasteiger partial charge on any atom is -0.494 e. The van der Waals surface area contributed by atoms with E-state index in [0.717, 1.165) is 10.9 Å². The minimum atomic E-state index is -0.356. The number of benzene rings is 2.